The molecule has 1 saturated heterocycles. The molecule has 3 aromatic heterocycles. The normalized spacial score (nSPS) is 15.6. The summed E-state index contributed by atoms with van der Waals surface area (Å²) in [6.07, 6.45) is 6.40. The number of hydrogen-bond donors (Lipinski definition) is 1. The highest BCUT2D eigenvalue weighted by molar-refractivity contribution is 5.83. The maximum Gasteiger partial charge on any atom is 0.229 e. The lowest BCUT2D eigenvalue weighted by Gasteiger charge is -2.35. The number of nitrogens with one attached hydrogen (secondary N) is 1. The third-order valence-electron chi connectivity index (χ3n) is 8.17. The molecular formula is C31H39F2N7O. The molecule has 5 rings (SSSR count). The number of methoxy groups -OCH3 is 1. The molecule has 41 heavy (non-hydrogen) atoms. The highest BCUT2D eigenvalue weighted by atomic mass is 19.1. The Bertz CT molecular complexity index is 1480. The Morgan fingerprint density at radius 1 is 1.02 bits per heavy atom. The number of fused-ring (bicyclic) bond motifs is 1. The highest BCUT2D eigenvalue weighted by Gasteiger charge is 2.25. The van der Waals surface area contributed by atoms with Gasteiger partial charge >= 0.3 is 0 Å². The summed E-state index contributed by atoms with van der Waals surface area (Å²) in [5.74, 6) is 1.30. The van der Waals surface area contributed by atoms with Gasteiger partial charge in [-0.3, -0.25) is 0 Å². The first-order valence-corrected chi connectivity index (χ1v) is 14.4. The smallest absolute Gasteiger partial charge is 0.229 e. The first kappa shape index (κ1) is 29.0. The number of rotatable bonds is 10. The first-order chi connectivity index (χ1) is 19.7. The van der Waals surface area contributed by atoms with Crippen molar-refractivity contribution in [2.45, 2.75) is 58.9 Å². The van der Waals surface area contributed by atoms with E-state index in [1.807, 2.05) is 37.6 Å². The maximum atomic E-state index is 15.0. The number of hydrogen-bond acceptors (Lipinski definition) is 7. The molecule has 4 aromatic rings. The fraction of sp³-hybridized carbons (Fsp3) is 0.484. The molecule has 1 atom stereocenters. The summed E-state index contributed by atoms with van der Waals surface area (Å²) in [6.45, 7) is 12.2. The van der Waals surface area contributed by atoms with E-state index in [-0.39, 0.29) is 23.2 Å². The van der Waals surface area contributed by atoms with Gasteiger partial charge in [-0.25, -0.2) is 28.7 Å². The van der Waals surface area contributed by atoms with Crippen LogP contribution in [0.25, 0.3) is 22.3 Å². The SMILES string of the molecule is COCCCN1CCC([C@H](C)c2ccc(Nc3ncc(F)c(-c4cc(F)c5nc(C)n(C(C)C)c5c4)n3)nc2)CC1. The van der Waals surface area contributed by atoms with Gasteiger partial charge in [-0.15, -0.1) is 0 Å². The van der Waals surface area contributed by atoms with E-state index in [2.05, 4.69) is 43.1 Å². The van der Waals surface area contributed by atoms with Crippen molar-refractivity contribution >= 4 is 22.8 Å². The summed E-state index contributed by atoms with van der Waals surface area (Å²) in [4.78, 5) is 20.0. The summed E-state index contributed by atoms with van der Waals surface area (Å²) in [5, 5.41) is 3.07. The second-order valence-corrected chi connectivity index (χ2v) is 11.3. The van der Waals surface area contributed by atoms with E-state index >= 15 is 4.39 Å². The second-order valence-electron chi connectivity index (χ2n) is 11.3. The molecule has 1 aliphatic rings. The molecule has 4 heterocycles. The second kappa shape index (κ2) is 12.6. The van der Waals surface area contributed by atoms with Crippen LogP contribution in [-0.2, 0) is 4.74 Å². The third-order valence-corrected chi connectivity index (χ3v) is 8.17. The summed E-state index contributed by atoms with van der Waals surface area (Å²) < 4.78 is 37.0. The van der Waals surface area contributed by atoms with Gasteiger partial charge < -0.3 is 19.5 Å². The van der Waals surface area contributed by atoms with Crippen LogP contribution in [-0.4, -0.2) is 62.8 Å². The first-order valence-electron chi connectivity index (χ1n) is 14.4. The van der Waals surface area contributed by atoms with Crippen molar-refractivity contribution in [2.24, 2.45) is 5.92 Å². The Kier molecular flexibility index (Phi) is 8.89. The van der Waals surface area contributed by atoms with Crippen LogP contribution < -0.4 is 5.32 Å². The number of anilines is 2. The van der Waals surface area contributed by atoms with Gasteiger partial charge in [0.25, 0.3) is 0 Å². The largest absolute Gasteiger partial charge is 0.385 e. The van der Waals surface area contributed by atoms with Crippen LogP contribution in [0.1, 0.15) is 63.4 Å². The Morgan fingerprint density at radius 3 is 2.49 bits per heavy atom. The van der Waals surface area contributed by atoms with Crippen molar-refractivity contribution in [2.75, 3.05) is 38.7 Å². The predicted octanol–water partition coefficient (Wildman–Crippen LogP) is 6.65. The summed E-state index contributed by atoms with van der Waals surface area (Å²) in [6, 6.07) is 7.04. The van der Waals surface area contributed by atoms with Gasteiger partial charge in [-0.05, 0) is 88.7 Å². The molecule has 1 fully saturated rings. The summed E-state index contributed by atoms with van der Waals surface area (Å²) in [7, 11) is 1.75. The molecule has 218 valence electrons. The standard InChI is InChI=1S/C31H39F2N7O/c1-19(2)40-21(4)36-30-25(32)15-24(16-27(30)40)29-26(33)18-35-31(38-29)37-28-8-7-23(17-34-28)20(3)22-9-12-39(13-10-22)11-6-14-41-5/h7-8,15-20,22H,6,9-14H2,1-5H3,(H,34,35,37,38)/t20-/m0/s1. The Balaban J connectivity index is 1.29. The maximum absolute atomic E-state index is 15.0. The molecule has 0 saturated carbocycles. The van der Waals surface area contributed by atoms with Crippen LogP contribution in [0.5, 0.6) is 0 Å². The van der Waals surface area contributed by atoms with Crippen molar-refractivity contribution in [3.8, 4) is 11.3 Å². The van der Waals surface area contributed by atoms with Crippen LogP contribution in [0.2, 0.25) is 0 Å². The van der Waals surface area contributed by atoms with Crippen LogP contribution >= 0.6 is 0 Å². The minimum Gasteiger partial charge on any atom is -0.385 e. The number of likely N-dealkylation sites (tertiary alicyclic amines) is 1. The molecule has 1 aromatic carbocycles. The van der Waals surface area contributed by atoms with E-state index < -0.39 is 11.6 Å². The van der Waals surface area contributed by atoms with Crippen molar-refractivity contribution < 1.29 is 13.5 Å². The monoisotopic (exact) mass is 563 g/mol. The average molecular weight is 564 g/mol. The molecule has 1 N–H and O–H groups in total. The molecule has 8 nitrogen and oxygen atoms in total. The van der Waals surface area contributed by atoms with Gasteiger partial charge in [-0.2, -0.15) is 0 Å². The lowest BCUT2D eigenvalue weighted by atomic mass is 9.82. The molecule has 0 unspecified atom stereocenters. The molecule has 0 radical (unpaired) electrons. The minimum absolute atomic E-state index is 0.0104. The quantitative estimate of drug-likeness (QED) is 0.216. The number of halogens is 2. The van der Waals surface area contributed by atoms with Crippen LogP contribution in [0, 0.1) is 24.5 Å². The summed E-state index contributed by atoms with van der Waals surface area (Å²) in [5.41, 5.74) is 2.38. The van der Waals surface area contributed by atoms with Gasteiger partial charge in [0.2, 0.25) is 5.95 Å². The molecule has 0 amide bonds. The van der Waals surface area contributed by atoms with Crippen molar-refractivity contribution in [3.63, 3.8) is 0 Å². The van der Waals surface area contributed by atoms with Crippen molar-refractivity contribution in [1.82, 2.24) is 29.4 Å². The number of aryl methyl sites for hydroxylation is 1. The fourth-order valence-corrected chi connectivity index (χ4v) is 5.93. The van der Waals surface area contributed by atoms with Crippen molar-refractivity contribution in [1.29, 1.82) is 0 Å². The topological polar surface area (TPSA) is 81.0 Å². The van der Waals surface area contributed by atoms with E-state index in [4.69, 9.17) is 4.74 Å². The van der Waals surface area contributed by atoms with E-state index in [0.29, 0.717) is 34.6 Å². The van der Waals surface area contributed by atoms with Crippen LogP contribution in [0.3, 0.4) is 0 Å². The predicted molar refractivity (Wildman–Crippen MR) is 157 cm³/mol. The van der Waals surface area contributed by atoms with E-state index in [1.165, 1.54) is 24.5 Å². The zero-order chi connectivity index (χ0) is 29.1. The number of pyridine rings is 1. The lowest BCUT2D eigenvalue weighted by Crippen LogP contribution is -2.36. The minimum atomic E-state index is -0.636. The Hall–Kier alpha value is -3.50. The number of aromatic nitrogens is 5. The number of benzene rings is 1. The van der Waals surface area contributed by atoms with E-state index in [0.717, 1.165) is 38.9 Å². The zero-order valence-electron chi connectivity index (χ0n) is 24.5. The van der Waals surface area contributed by atoms with Gasteiger partial charge in [0, 0.05) is 38.1 Å². The zero-order valence-corrected chi connectivity index (χ0v) is 24.5. The molecular weight excluding hydrogens is 524 g/mol. The molecule has 0 aliphatic carbocycles. The number of imidazole rings is 1. The Labute approximate surface area is 240 Å². The van der Waals surface area contributed by atoms with Crippen molar-refractivity contribution in [3.05, 3.63) is 59.7 Å². The van der Waals surface area contributed by atoms with Gasteiger partial charge in [-0.1, -0.05) is 13.0 Å². The highest BCUT2D eigenvalue weighted by Crippen LogP contribution is 2.33. The number of piperidine rings is 1. The van der Waals surface area contributed by atoms with Crippen LogP contribution in [0.15, 0.2) is 36.7 Å². The lowest BCUT2D eigenvalue weighted by molar-refractivity contribution is 0.141. The van der Waals surface area contributed by atoms with E-state index in [9.17, 15) is 4.39 Å². The average Bonchev–Trinajstić information content (AvgIpc) is 3.31. The Morgan fingerprint density at radius 2 is 1.80 bits per heavy atom. The number of nitrogens with zero attached hydrogens (tertiary/aromatic N) is 6. The van der Waals surface area contributed by atoms with Gasteiger partial charge in [0.1, 0.15) is 22.9 Å². The van der Waals surface area contributed by atoms with Gasteiger partial charge in [0.15, 0.2) is 11.6 Å². The summed E-state index contributed by atoms with van der Waals surface area (Å²) >= 11 is 0. The molecule has 1 aliphatic heterocycles. The van der Waals surface area contributed by atoms with E-state index in [1.54, 1.807) is 13.2 Å². The van der Waals surface area contributed by atoms with Gasteiger partial charge in [0.05, 0.1) is 11.7 Å². The number of ether oxygens (including phenoxy) is 1. The molecule has 0 bridgehead atoms. The fourth-order valence-electron chi connectivity index (χ4n) is 5.93. The third kappa shape index (κ3) is 6.38. The molecule has 10 heteroatoms. The van der Waals surface area contributed by atoms with Crippen LogP contribution in [0.4, 0.5) is 20.5 Å². The molecule has 0 spiro atoms.